The lowest BCUT2D eigenvalue weighted by molar-refractivity contribution is -0.138. The maximum atomic E-state index is 13.2. The fourth-order valence-electron chi connectivity index (χ4n) is 1.38. The maximum absolute atomic E-state index is 13.2. The second kappa shape index (κ2) is 6.11. The van der Waals surface area contributed by atoms with Gasteiger partial charge < -0.3 is 16.2 Å². The summed E-state index contributed by atoms with van der Waals surface area (Å²) in [5.41, 5.74) is 5.97. The Labute approximate surface area is 104 Å². The molecule has 5 nitrogen and oxygen atoms in total. The van der Waals surface area contributed by atoms with Crippen molar-refractivity contribution in [2.24, 2.45) is 5.73 Å². The lowest BCUT2D eigenvalue weighted by Crippen LogP contribution is -2.42. The molecule has 4 N–H and O–H groups in total. The highest BCUT2D eigenvalue weighted by molar-refractivity contribution is 5.94. The quantitative estimate of drug-likeness (QED) is 0.714. The molecule has 0 saturated heterocycles. The number of aliphatic carboxylic acids is 1. The molecule has 1 aromatic carbocycles. The van der Waals surface area contributed by atoms with Crippen molar-refractivity contribution in [1.82, 2.24) is 5.32 Å². The summed E-state index contributed by atoms with van der Waals surface area (Å²) in [5.74, 6) is -2.03. The van der Waals surface area contributed by atoms with Gasteiger partial charge in [0, 0.05) is 12.1 Å². The van der Waals surface area contributed by atoms with Gasteiger partial charge in [-0.25, -0.2) is 4.39 Å². The van der Waals surface area contributed by atoms with Gasteiger partial charge in [0.15, 0.2) is 0 Å². The Hall–Kier alpha value is -1.95. The van der Waals surface area contributed by atoms with Crippen LogP contribution in [0.2, 0.25) is 0 Å². The van der Waals surface area contributed by atoms with Crippen molar-refractivity contribution < 1.29 is 19.1 Å². The van der Waals surface area contributed by atoms with Crippen molar-refractivity contribution in [2.45, 2.75) is 19.4 Å². The SMILES string of the molecule is CCc1cc(C(=O)NC[C@@H](N)C(=O)O)ccc1F. The predicted molar refractivity (Wildman–Crippen MR) is 63.7 cm³/mol. The number of rotatable bonds is 5. The zero-order valence-corrected chi connectivity index (χ0v) is 9.94. The molecule has 0 fully saturated rings. The van der Waals surface area contributed by atoms with Crippen LogP contribution in [0.4, 0.5) is 4.39 Å². The van der Waals surface area contributed by atoms with Crippen LogP contribution in [0.1, 0.15) is 22.8 Å². The lowest BCUT2D eigenvalue weighted by Gasteiger charge is -2.09. The molecule has 0 aliphatic rings. The van der Waals surface area contributed by atoms with Crippen molar-refractivity contribution in [3.8, 4) is 0 Å². The van der Waals surface area contributed by atoms with Crippen LogP contribution < -0.4 is 11.1 Å². The number of hydrogen-bond acceptors (Lipinski definition) is 3. The number of nitrogens with two attached hydrogens (primary N) is 1. The van der Waals surface area contributed by atoms with Crippen LogP contribution in [0.3, 0.4) is 0 Å². The van der Waals surface area contributed by atoms with Crippen LogP contribution >= 0.6 is 0 Å². The normalized spacial score (nSPS) is 11.9. The third-order valence-corrected chi connectivity index (χ3v) is 2.49. The fourth-order valence-corrected chi connectivity index (χ4v) is 1.38. The minimum Gasteiger partial charge on any atom is -0.480 e. The molecule has 0 saturated carbocycles. The first kappa shape index (κ1) is 14.1. The van der Waals surface area contributed by atoms with E-state index in [0.717, 1.165) is 0 Å². The Balaban J connectivity index is 2.70. The number of nitrogens with one attached hydrogen (secondary N) is 1. The Kier molecular flexibility index (Phi) is 4.79. The average molecular weight is 254 g/mol. The zero-order valence-electron chi connectivity index (χ0n) is 9.94. The minimum absolute atomic E-state index is 0.174. The topological polar surface area (TPSA) is 92.4 Å². The second-order valence-electron chi connectivity index (χ2n) is 3.81. The minimum atomic E-state index is -1.19. The van der Waals surface area contributed by atoms with Crippen molar-refractivity contribution >= 4 is 11.9 Å². The highest BCUT2D eigenvalue weighted by Crippen LogP contribution is 2.11. The van der Waals surface area contributed by atoms with Gasteiger partial charge in [-0.3, -0.25) is 9.59 Å². The second-order valence-corrected chi connectivity index (χ2v) is 3.81. The first-order chi connectivity index (χ1) is 8.45. The molecule has 0 aliphatic heterocycles. The molecule has 1 aromatic rings. The van der Waals surface area contributed by atoms with Crippen molar-refractivity contribution in [3.05, 3.63) is 35.1 Å². The average Bonchev–Trinajstić information content (AvgIpc) is 2.35. The standard InChI is InChI=1S/C12H15FN2O3/c1-2-7-5-8(3-4-9(7)13)11(16)15-6-10(14)12(17)18/h3-5,10H,2,6,14H2,1H3,(H,15,16)(H,17,18)/t10-/m1/s1. The lowest BCUT2D eigenvalue weighted by atomic mass is 10.1. The third-order valence-electron chi connectivity index (χ3n) is 2.49. The van der Waals surface area contributed by atoms with Gasteiger partial charge in [-0.15, -0.1) is 0 Å². The summed E-state index contributed by atoms with van der Waals surface area (Å²) < 4.78 is 13.2. The number of carbonyl (C=O) groups is 2. The summed E-state index contributed by atoms with van der Waals surface area (Å²) in [6.45, 7) is 1.60. The summed E-state index contributed by atoms with van der Waals surface area (Å²) >= 11 is 0. The highest BCUT2D eigenvalue weighted by Gasteiger charge is 2.14. The summed E-state index contributed by atoms with van der Waals surface area (Å²) in [6, 6.07) is 2.85. The fraction of sp³-hybridized carbons (Fsp3) is 0.333. The van der Waals surface area contributed by atoms with Crippen molar-refractivity contribution in [3.63, 3.8) is 0 Å². The van der Waals surface area contributed by atoms with Crippen LogP contribution in [-0.4, -0.2) is 29.6 Å². The van der Waals surface area contributed by atoms with E-state index in [2.05, 4.69) is 5.32 Å². The summed E-state index contributed by atoms with van der Waals surface area (Å²) in [6.07, 6.45) is 0.474. The molecule has 0 bridgehead atoms. The van der Waals surface area contributed by atoms with E-state index in [1.165, 1.54) is 18.2 Å². The molecule has 18 heavy (non-hydrogen) atoms. The van der Waals surface area contributed by atoms with E-state index >= 15 is 0 Å². The third kappa shape index (κ3) is 3.53. The highest BCUT2D eigenvalue weighted by atomic mass is 19.1. The number of carboxylic acids is 1. The van der Waals surface area contributed by atoms with Gasteiger partial charge in [-0.05, 0) is 30.2 Å². The van der Waals surface area contributed by atoms with Gasteiger partial charge in [0.25, 0.3) is 5.91 Å². The van der Waals surface area contributed by atoms with E-state index in [0.29, 0.717) is 12.0 Å². The first-order valence-corrected chi connectivity index (χ1v) is 5.50. The molecule has 0 unspecified atom stereocenters. The number of halogens is 1. The van der Waals surface area contributed by atoms with E-state index in [4.69, 9.17) is 10.8 Å². The maximum Gasteiger partial charge on any atom is 0.322 e. The zero-order chi connectivity index (χ0) is 13.7. The summed E-state index contributed by atoms with van der Waals surface area (Å²) in [7, 11) is 0. The Morgan fingerprint density at radius 1 is 1.50 bits per heavy atom. The molecular weight excluding hydrogens is 239 g/mol. The van der Waals surface area contributed by atoms with Gasteiger partial charge in [0.1, 0.15) is 11.9 Å². The van der Waals surface area contributed by atoms with Crippen LogP contribution in [0.5, 0.6) is 0 Å². The van der Waals surface area contributed by atoms with E-state index in [1.54, 1.807) is 6.92 Å². The molecule has 6 heteroatoms. The number of carbonyl (C=O) groups excluding carboxylic acids is 1. The Morgan fingerprint density at radius 2 is 2.17 bits per heavy atom. The summed E-state index contributed by atoms with van der Waals surface area (Å²) in [5, 5.41) is 10.9. The van der Waals surface area contributed by atoms with Crippen molar-refractivity contribution in [1.29, 1.82) is 0 Å². The van der Waals surface area contributed by atoms with Crippen molar-refractivity contribution in [2.75, 3.05) is 6.54 Å². The molecular formula is C12H15FN2O3. The molecule has 98 valence electrons. The van der Waals surface area contributed by atoms with Gasteiger partial charge in [-0.1, -0.05) is 6.92 Å². The molecule has 0 aromatic heterocycles. The molecule has 0 heterocycles. The van der Waals surface area contributed by atoms with Gasteiger partial charge in [-0.2, -0.15) is 0 Å². The monoisotopic (exact) mass is 254 g/mol. The van der Waals surface area contributed by atoms with E-state index in [9.17, 15) is 14.0 Å². The van der Waals surface area contributed by atoms with Crippen LogP contribution in [-0.2, 0) is 11.2 Å². The number of amides is 1. The van der Waals surface area contributed by atoms with Gasteiger partial charge in [0.2, 0.25) is 0 Å². The van der Waals surface area contributed by atoms with Crippen LogP contribution in [0, 0.1) is 5.82 Å². The molecule has 0 spiro atoms. The molecule has 1 amide bonds. The molecule has 1 rings (SSSR count). The first-order valence-electron chi connectivity index (χ1n) is 5.50. The Morgan fingerprint density at radius 3 is 2.72 bits per heavy atom. The van der Waals surface area contributed by atoms with Crippen LogP contribution in [0.15, 0.2) is 18.2 Å². The number of benzene rings is 1. The number of aryl methyl sites for hydroxylation is 1. The number of hydrogen-bond donors (Lipinski definition) is 3. The molecule has 0 radical (unpaired) electrons. The van der Waals surface area contributed by atoms with Gasteiger partial charge >= 0.3 is 5.97 Å². The Bertz CT molecular complexity index is 463. The van der Waals surface area contributed by atoms with E-state index < -0.39 is 17.9 Å². The van der Waals surface area contributed by atoms with E-state index in [1.807, 2.05) is 0 Å². The van der Waals surface area contributed by atoms with Gasteiger partial charge in [0.05, 0.1) is 0 Å². The van der Waals surface area contributed by atoms with Crippen LogP contribution in [0.25, 0.3) is 0 Å². The number of carboxylic acid groups (broad SMARTS) is 1. The molecule has 0 aliphatic carbocycles. The van der Waals surface area contributed by atoms with E-state index in [-0.39, 0.29) is 17.9 Å². The predicted octanol–water partition coefficient (Wildman–Crippen LogP) is 0.530. The largest absolute Gasteiger partial charge is 0.480 e. The molecule has 1 atom stereocenters. The smallest absolute Gasteiger partial charge is 0.322 e. The summed E-state index contributed by atoms with van der Waals surface area (Å²) in [4.78, 5) is 22.1.